The van der Waals surface area contributed by atoms with Crippen molar-refractivity contribution in [3.05, 3.63) is 30.3 Å². The van der Waals surface area contributed by atoms with Gasteiger partial charge in [-0.15, -0.1) is 0 Å². The molecule has 0 atom stereocenters. The van der Waals surface area contributed by atoms with Crippen LogP contribution in [0.1, 0.15) is 0 Å². The molecule has 24 heavy (non-hydrogen) atoms. The van der Waals surface area contributed by atoms with Gasteiger partial charge < -0.3 is 9.80 Å². The van der Waals surface area contributed by atoms with Gasteiger partial charge in [0, 0.05) is 31.9 Å². The molecule has 0 bridgehead atoms. The molecular weight excluding hydrogens is 362 g/mol. The van der Waals surface area contributed by atoms with Gasteiger partial charge in [-0.3, -0.25) is 4.79 Å². The van der Waals surface area contributed by atoms with E-state index >= 15 is 0 Å². The summed E-state index contributed by atoms with van der Waals surface area (Å²) in [4.78, 5) is 13.8. The Morgan fingerprint density at radius 3 is 1.88 bits per heavy atom. The van der Waals surface area contributed by atoms with Crippen molar-refractivity contribution in [2.45, 2.75) is 17.2 Å². The number of para-hydroxylation sites is 1. The van der Waals surface area contributed by atoms with Crippen LogP contribution in [0.2, 0.25) is 0 Å². The first kappa shape index (κ1) is 18.7. The number of piperazine rings is 1. The average molecular weight is 375 g/mol. The maximum atomic E-state index is 13.6. The van der Waals surface area contributed by atoms with Gasteiger partial charge in [-0.1, -0.05) is 18.2 Å². The van der Waals surface area contributed by atoms with Crippen molar-refractivity contribution in [2.24, 2.45) is 0 Å². The molecule has 0 saturated carbocycles. The minimum Gasteiger partial charge on any atom is -0.368 e. The quantitative estimate of drug-likeness (QED) is 0.595. The largest absolute Gasteiger partial charge is 0.395 e. The molecule has 1 fully saturated rings. The van der Waals surface area contributed by atoms with Crippen LogP contribution in [0.3, 0.4) is 0 Å². The first-order chi connectivity index (χ1) is 11.0. The third-order valence-corrected chi connectivity index (χ3v) is 3.94. The van der Waals surface area contributed by atoms with Gasteiger partial charge in [0.2, 0.25) is 0 Å². The molecule has 0 radical (unpaired) electrons. The smallest absolute Gasteiger partial charge is 0.368 e. The molecule has 134 valence electrons. The summed E-state index contributed by atoms with van der Waals surface area (Å²) in [6, 6.07) is 8.80. The normalized spacial score (nSPS) is 17.1. The third kappa shape index (κ3) is 3.26. The lowest BCUT2D eigenvalue weighted by molar-refractivity contribution is -0.273. The molecule has 0 spiro atoms. The predicted octanol–water partition coefficient (Wildman–Crippen LogP) is 3.44. The highest BCUT2D eigenvalue weighted by molar-refractivity contribution is 6.22. The number of alkyl halides is 7. The zero-order chi connectivity index (χ0) is 18.2. The second kappa shape index (κ2) is 6.34. The van der Waals surface area contributed by atoms with Gasteiger partial charge in [-0.2, -0.15) is 26.3 Å². The number of hydrogen-bond acceptors (Lipinski definition) is 2. The Balaban J connectivity index is 2.07. The van der Waals surface area contributed by atoms with Crippen molar-refractivity contribution in [1.29, 1.82) is 0 Å². The summed E-state index contributed by atoms with van der Waals surface area (Å²) in [6.07, 6.45) is 0. The van der Waals surface area contributed by atoms with Crippen molar-refractivity contribution in [2.75, 3.05) is 31.1 Å². The molecule has 3 nitrogen and oxygen atoms in total. The molecule has 0 aliphatic carbocycles. The zero-order valence-corrected chi connectivity index (χ0v) is 12.9. The second-order valence-electron chi connectivity index (χ2n) is 5.26. The lowest BCUT2D eigenvalue weighted by Crippen LogP contribution is -2.62. The van der Waals surface area contributed by atoms with E-state index in [0.717, 1.165) is 5.69 Å². The van der Waals surface area contributed by atoms with E-state index in [9.17, 15) is 31.1 Å². The van der Waals surface area contributed by atoms with E-state index in [-0.39, 0.29) is 26.2 Å². The van der Waals surface area contributed by atoms with Crippen LogP contribution in [0, 0.1) is 0 Å². The number of carbonyl (C=O) groups excluding carboxylic acids is 1. The van der Waals surface area contributed by atoms with Crippen LogP contribution in [0.25, 0.3) is 0 Å². The van der Waals surface area contributed by atoms with Crippen LogP contribution in [0.5, 0.6) is 0 Å². The Bertz CT molecular complexity index is 585. The standard InChI is InChI=1S/C14H13ClF6N2O/c15-14(20,21)13(18,19)12(16,17)11(24)23-8-6-22(7-9-23)10-4-2-1-3-5-10/h1-5H,6-9H2. The summed E-state index contributed by atoms with van der Waals surface area (Å²) in [5, 5.41) is -5.54. The number of rotatable bonds is 4. The molecule has 1 amide bonds. The van der Waals surface area contributed by atoms with Crippen molar-refractivity contribution in [1.82, 2.24) is 4.90 Å². The first-order valence-electron chi connectivity index (χ1n) is 6.90. The van der Waals surface area contributed by atoms with Crippen LogP contribution in [0.4, 0.5) is 32.0 Å². The highest BCUT2D eigenvalue weighted by Crippen LogP contribution is 2.48. The van der Waals surface area contributed by atoms with Gasteiger partial charge in [0.1, 0.15) is 0 Å². The summed E-state index contributed by atoms with van der Waals surface area (Å²) >= 11 is 4.05. The van der Waals surface area contributed by atoms with Gasteiger partial charge in [-0.05, 0) is 23.7 Å². The molecule has 1 aliphatic rings. The summed E-state index contributed by atoms with van der Waals surface area (Å²) < 4.78 is 78.6. The molecule has 1 heterocycles. The van der Waals surface area contributed by atoms with Gasteiger partial charge in [-0.25, -0.2) is 0 Å². The summed E-state index contributed by atoms with van der Waals surface area (Å²) in [7, 11) is 0. The summed E-state index contributed by atoms with van der Waals surface area (Å²) in [5.41, 5.74) is 0.772. The number of nitrogens with zero attached hydrogens (tertiary/aromatic N) is 2. The van der Waals surface area contributed by atoms with E-state index in [1.807, 2.05) is 0 Å². The number of carbonyl (C=O) groups is 1. The molecule has 1 aliphatic heterocycles. The Morgan fingerprint density at radius 2 is 1.42 bits per heavy atom. The third-order valence-electron chi connectivity index (χ3n) is 3.71. The summed E-state index contributed by atoms with van der Waals surface area (Å²) in [5.74, 6) is -14.0. The number of amides is 1. The predicted molar refractivity (Wildman–Crippen MR) is 75.9 cm³/mol. The van der Waals surface area contributed by atoms with Crippen LogP contribution < -0.4 is 4.90 Å². The molecule has 10 heteroatoms. The Hall–Kier alpha value is -1.64. The molecule has 0 unspecified atom stereocenters. The monoisotopic (exact) mass is 374 g/mol. The molecule has 1 aromatic rings. The number of benzene rings is 1. The van der Waals surface area contributed by atoms with Gasteiger partial charge >= 0.3 is 17.2 Å². The molecule has 1 aromatic carbocycles. The van der Waals surface area contributed by atoms with Crippen molar-refractivity contribution < 1.29 is 31.1 Å². The van der Waals surface area contributed by atoms with Crippen LogP contribution in [0.15, 0.2) is 30.3 Å². The minimum atomic E-state index is -5.99. The molecule has 0 aromatic heterocycles. The Morgan fingerprint density at radius 1 is 0.917 bits per heavy atom. The van der Waals surface area contributed by atoms with E-state index in [1.165, 1.54) is 0 Å². The average Bonchev–Trinajstić information content (AvgIpc) is 2.54. The maximum absolute atomic E-state index is 13.6. The zero-order valence-electron chi connectivity index (χ0n) is 12.2. The van der Waals surface area contributed by atoms with E-state index in [2.05, 4.69) is 11.6 Å². The fraction of sp³-hybridized carbons (Fsp3) is 0.500. The Labute approximate surface area is 138 Å². The van der Waals surface area contributed by atoms with Crippen molar-refractivity contribution >= 4 is 23.2 Å². The molecule has 2 rings (SSSR count). The van der Waals surface area contributed by atoms with E-state index in [1.54, 1.807) is 35.2 Å². The number of halogens is 7. The highest BCUT2D eigenvalue weighted by Gasteiger charge is 2.75. The van der Waals surface area contributed by atoms with Crippen molar-refractivity contribution in [3.63, 3.8) is 0 Å². The lowest BCUT2D eigenvalue weighted by Gasteiger charge is -2.38. The van der Waals surface area contributed by atoms with Crippen LogP contribution in [-0.4, -0.2) is 54.2 Å². The first-order valence-corrected chi connectivity index (χ1v) is 7.28. The van der Waals surface area contributed by atoms with Gasteiger partial charge in [0.15, 0.2) is 0 Å². The Kier molecular flexibility index (Phi) is 4.94. The summed E-state index contributed by atoms with van der Waals surface area (Å²) in [6.45, 7) is -0.385. The number of anilines is 1. The SMILES string of the molecule is O=C(N1CCN(c2ccccc2)CC1)C(F)(F)C(F)(F)C(F)(F)Cl. The van der Waals surface area contributed by atoms with E-state index in [4.69, 9.17) is 0 Å². The van der Waals surface area contributed by atoms with Crippen LogP contribution >= 0.6 is 11.6 Å². The topological polar surface area (TPSA) is 23.6 Å². The number of hydrogen-bond donors (Lipinski definition) is 0. The van der Waals surface area contributed by atoms with Gasteiger partial charge in [0.05, 0.1) is 0 Å². The fourth-order valence-electron chi connectivity index (χ4n) is 2.32. The molecular formula is C14H13ClF6N2O. The van der Waals surface area contributed by atoms with E-state index < -0.39 is 23.1 Å². The second-order valence-corrected chi connectivity index (χ2v) is 5.74. The van der Waals surface area contributed by atoms with E-state index in [0.29, 0.717) is 4.90 Å². The fourth-order valence-corrected chi connectivity index (χ4v) is 2.44. The molecule has 1 saturated heterocycles. The maximum Gasteiger partial charge on any atom is 0.395 e. The van der Waals surface area contributed by atoms with Crippen molar-refractivity contribution in [3.8, 4) is 0 Å². The van der Waals surface area contributed by atoms with Crippen LogP contribution in [-0.2, 0) is 4.79 Å². The molecule has 0 N–H and O–H groups in total. The van der Waals surface area contributed by atoms with Gasteiger partial charge in [0.25, 0.3) is 5.91 Å². The highest BCUT2D eigenvalue weighted by atomic mass is 35.5. The lowest BCUT2D eigenvalue weighted by atomic mass is 10.1. The minimum absolute atomic E-state index is 0.106.